The second kappa shape index (κ2) is 11.4. The van der Waals surface area contributed by atoms with Crippen LogP contribution < -0.4 is 14.5 Å². The SMILES string of the molecule is CCOc1cc(/C=C2/C(=O)N(c3c(F)c(F)c(F)c(F)c3F)N=C2C)cc(Cl)c1OCc1ccc(Cl)c(Cl)c1. The van der Waals surface area contributed by atoms with Crippen molar-refractivity contribution >= 4 is 58.2 Å². The van der Waals surface area contributed by atoms with E-state index in [4.69, 9.17) is 44.3 Å². The highest BCUT2D eigenvalue weighted by atomic mass is 35.5. The molecule has 0 spiro atoms. The lowest BCUT2D eigenvalue weighted by Crippen LogP contribution is -2.25. The summed E-state index contributed by atoms with van der Waals surface area (Å²) < 4.78 is 81.0. The number of benzene rings is 3. The van der Waals surface area contributed by atoms with Gasteiger partial charge in [-0.25, -0.2) is 22.0 Å². The number of nitrogens with zero attached hydrogens (tertiary/aromatic N) is 2. The molecule has 3 aromatic rings. The monoisotopic (exact) mass is 604 g/mol. The third-order valence-corrected chi connectivity index (χ3v) is 6.49. The molecule has 3 aromatic carbocycles. The van der Waals surface area contributed by atoms with Gasteiger partial charge in [0.15, 0.2) is 34.8 Å². The van der Waals surface area contributed by atoms with Gasteiger partial charge in [0, 0.05) is 0 Å². The Morgan fingerprint density at radius 3 is 2.13 bits per heavy atom. The van der Waals surface area contributed by atoms with Gasteiger partial charge in [0.05, 0.1) is 33.0 Å². The van der Waals surface area contributed by atoms with E-state index in [1.807, 2.05) is 0 Å². The molecule has 0 atom stereocenters. The maximum Gasteiger partial charge on any atom is 0.280 e. The smallest absolute Gasteiger partial charge is 0.280 e. The van der Waals surface area contributed by atoms with E-state index in [1.165, 1.54) is 25.1 Å². The van der Waals surface area contributed by atoms with Crippen molar-refractivity contribution in [2.24, 2.45) is 5.10 Å². The predicted molar refractivity (Wildman–Crippen MR) is 138 cm³/mol. The molecule has 0 aliphatic carbocycles. The van der Waals surface area contributed by atoms with Gasteiger partial charge in [-0.1, -0.05) is 40.9 Å². The van der Waals surface area contributed by atoms with E-state index in [0.717, 1.165) is 0 Å². The summed E-state index contributed by atoms with van der Waals surface area (Å²) in [7, 11) is 0. The normalized spacial score (nSPS) is 14.3. The first-order valence-electron chi connectivity index (χ1n) is 11.1. The molecule has 13 heteroatoms. The summed E-state index contributed by atoms with van der Waals surface area (Å²) in [6, 6.07) is 7.88. The summed E-state index contributed by atoms with van der Waals surface area (Å²) in [6.07, 6.45) is 1.28. The maximum absolute atomic E-state index is 14.3. The maximum atomic E-state index is 14.3. The second-order valence-corrected chi connectivity index (χ2v) is 9.30. The van der Waals surface area contributed by atoms with Crippen LogP contribution in [0.1, 0.15) is 25.0 Å². The van der Waals surface area contributed by atoms with Crippen LogP contribution in [0.3, 0.4) is 0 Å². The predicted octanol–water partition coefficient (Wildman–Crippen LogP) is 8.13. The van der Waals surface area contributed by atoms with Gasteiger partial charge in [0.2, 0.25) is 5.82 Å². The molecule has 204 valence electrons. The Hall–Kier alpha value is -3.34. The van der Waals surface area contributed by atoms with Gasteiger partial charge in [-0.05, 0) is 55.3 Å². The zero-order valence-corrected chi connectivity index (χ0v) is 22.3. The van der Waals surface area contributed by atoms with E-state index in [9.17, 15) is 26.7 Å². The first kappa shape index (κ1) is 28.7. The molecule has 39 heavy (non-hydrogen) atoms. The molecule has 0 radical (unpaired) electrons. The van der Waals surface area contributed by atoms with Gasteiger partial charge in [-0.3, -0.25) is 4.79 Å². The molecular formula is C26H16Cl3F5N2O3. The number of amides is 1. The van der Waals surface area contributed by atoms with E-state index in [-0.39, 0.29) is 46.0 Å². The summed E-state index contributed by atoms with van der Waals surface area (Å²) in [5, 5.41) is 4.66. The van der Waals surface area contributed by atoms with Crippen molar-refractivity contribution in [2.45, 2.75) is 20.5 Å². The van der Waals surface area contributed by atoms with E-state index >= 15 is 0 Å². The summed E-state index contributed by atoms with van der Waals surface area (Å²) in [4.78, 5) is 13.0. The summed E-state index contributed by atoms with van der Waals surface area (Å²) in [5.41, 5.74) is -0.702. The van der Waals surface area contributed by atoms with Crippen LogP contribution in [-0.4, -0.2) is 18.2 Å². The molecule has 0 aromatic heterocycles. The van der Waals surface area contributed by atoms with Crippen LogP contribution in [0.15, 0.2) is 41.0 Å². The first-order chi connectivity index (χ1) is 18.4. The largest absolute Gasteiger partial charge is 0.490 e. The number of hydrogen-bond acceptors (Lipinski definition) is 4. The van der Waals surface area contributed by atoms with E-state index in [2.05, 4.69) is 5.10 Å². The zero-order chi connectivity index (χ0) is 28.6. The van der Waals surface area contributed by atoms with Gasteiger partial charge in [-0.2, -0.15) is 10.1 Å². The third kappa shape index (κ3) is 5.54. The minimum Gasteiger partial charge on any atom is -0.490 e. The van der Waals surface area contributed by atoms with Gasteiger partial charge in [0.1, 0.15) is 12.3 Å². The number of halogens is 8. The number of hydrazone groups is 1. The van der Waals surface area contributed by atoms with E-state index in [0.29, 0.717) is 21.2 Å². The highest BCUT2D eigenvalue weighted by Crippen LogP contribution is 2.39. The van der Waals surface area contributed by atoms with Crippen molar-refractivity contribution in [3.8, 4) is 11.5 Å². The fraction of sp³-hybridized carbons (Fsp3) is 0.154. The van der Waals surface area contributed by atoms with Crippen molar-refractivity contribution in [1.82, 2.24) is 0 Å². The lowest BCUT2D eigenvalue weighted by molar-refractivity contribution is -0.114. The molecule has 1 amide bonds. The minimum absolute atomic E-state index is 0.0435. The van der Waals surface area contributed by atoms with E-state index < -0.39 is 40.7 Å². The molecule has 1 aliphatic rings. The topological polar surface area (TPSA) is 51.1 Å². The Kier molecular flexibility index (Phi) is 8.39. The first-order valence-corrected chi connectivity index (χ1v) is 12.2. The average molecular weight is 606 g/mol. The van der Waals surface area contributed by atoms with Crippen LogP contribution in [0.2, 0.25) is 15.1 Å². The molecule has 5 nitrogen and oxygen atoms in total. The minimum atomic E-state index is -2.35. The summed E-state index contributed by atoms with van der Waals surface area (Å²) in [6.45, 7) is 3.35. The molecule has 0 bridgehead atoms. The van der Waals surface area contributed by atoms with Crippen LogP contribution in [-0.2, 0) is 11.4 Å². The lowest BCUT2D eigenvalue weighted by atomic mass is 10.1. The Morgan fingerprint density at radius 2 is 1.51 bits per heavy atom. The standard InChI is InChI=1S/C26H16Cl3F5N2O3/c1-3-38-18-9-13(8-17(29)25(18)39-10-12-4-5-15(27)16(28)7-12)6-14-11(2)35-36(26(14)37)24-22(33)20(31)19(30)21(32)23(24)34/h4-9H,3,10H2,1-2H3/b14-6+. The Balaban J connectivity index is 1.67. The number of rotatable bonds is 7. The number of carbonyl (C=O) groups excluding carboxylic acids is 1. The van der Waals surface area contributed by atoms with Crippen molar-refractivity contribution in [2.75, 3.05) is 11.6 Å². The fourth-order valence-corrected chi connectivity index (χ4v) is 4.24. The van der Waals surface area contributed by atoms with Crippen LogP contribution in [0.25, 0.3) is 6.08 Å². The van der Waals surface area contributed by atoms with Crippen molar-refractivity contribution < 1.29 is 36.2 Å². The summed E-state index contributed by atoms with van der Waals surface area (Å²) in [5.74, 6) is -11.9. The quantitative estimate of drug-likeness (QED) is 0.118. The number of ether oxygens (including phenoxy) is 2. The summed E-state index contributed by atoms with van der Waals surface area (Å²) >= 11 is 18.4. The molecule has 1 aliphatic heterocycles. The van der Waals surface area contributed by atoms with Gasteiger partial charge in [0.25, 0.3) is 5.91 Å². The number of carbonyl (C=O) groups is 1. The van der Waals surface area contributed by atoms with Crippen LogP contribution in [0, 0.1) is 29.1 Å². The van der Waals surface area contributed by atoms with Gasteiger partial charge < -0.3 is 9.47 Å². The van der Waals surface area contributed by atoms with Gasteiger partial charge >= 0.3 is 0 Å². The Labute approximate surface area is 234 Å². The van der Waals surface area contributed by atoms with Crippen LogP contribution in [0.4, 0.5) is 27.6 Å². The molecule has 0 fully saturated rings. The molecule has 1 heterocycles. The number of hydrogen-bond donors (Lipinski definition) is 0. The Morgan fingerprint density at radius 1 is 0.872 bits per heavy atom. The molecule has 4 rings (SSSR count). The molecular weight excluding hydrogens is 590 g/mol. The van der Waals surface area contributed by atoms with E-state index in [1.54, 1.807) is 25.1 Å². The highest BCUT2D eigenvalue weighted by molar-refractivity contribution is 6.42. The molecule has 0 N–H and O–H groups in total. The molecule has 0 saturated heterocycles. The third-order valence-electron chi connectivity index (χ3n) is 5.47. The average Bonchev–Trinajstić information content (AvgIpc) is 3.16. The van der Waals surface area contributed by atoms with Crippen LogP contribution in [0.5, 0.6) is 11.5 Å². The van der Waals surface area contributed by atoms with Crippen molar-refractivity contribution in [3.05, 3.63) is 91.2 Å². The second-order valence-electron chi connectivity index (χ2n) is 8.08. The Bertz CT molecular complexity index is 1530. The van der Waals surface area contributed by atoms with Crippen LogP contribution >= 0.6 is 34.8 Å². The fourth-order valence-electron chi connectivity index (χ4n) is 3.64. The zero-order valence-electron chi connectivity index (χ0n) is 20.0. The molecule has 0 unspecified atom stereocenters. The molecule has 0 saturated carbocycles. The van der Waals surface area contributed by atoms with Crippen molar-refractivity contribution in [1.29, 1.82) is 0 Å². The highest BCUT2D eigenvalue weighted by Gasteiger charge is 2.37. The number of anilines is 1. The van der Waals surface area contributed by atoms with Crippen molar-refractivity contribution in [3.63, 3.8) is 0 Å². The van der Waals surface area contributed by atoms with Gasteiger partial charge in [-0.15, -0.1) is 0 Å². The lowest BCUT2D eigenvalue weighted by Gasteiger charge is -2.16.